The lowest BCUT2D eigenvalue weighted by Crippen LogP contribution is -2.23. The molecule has 0 radical (unpaired) electrons. The molecule has 106 valence electrons. The van der Waals surface area contributed by atoms with Crippen LogP contribution in [-0.2, 0) is 17.7 Å². The molecule has 2 fully saturated rings. The quantitative estimate of drug-likeness (QED) is 0.838. The SMILES string of the molecule is c1nc(C[C@H]2CCCOC2)n(CC2CCCCC2)n1. The molecular formula is C15H25N3O. The maximum atomic E-state index is 5.56. The summed E-state index contributed by atoms with van der Waals surface area (Å²) < 4.78 is 7.72. The van der Waals surface area contributed by atoms with Crippen LogP contribution in [0.4, 0.5) is 0 Å². The van der Waals surface area contributed by atoms with Crippen LogP contribution in [-0.4, -0.2) is 28.0 Å². The summed E-state index contributed by atoms with van der Waals surface area (Å²) in [7, 11) is 0. The van der Waals surface area contributed by atoms with E-state index in [1.807, 2.05) is 0 Å². The number of nitrogens with zero attached hydrogens (tertiary/aromatic N) is 3. The van der Waals surface area contributed by atoms with E-state index in [2.05, 4.69) is 14.8 Å². The largest absolute Gasteiger partial charge is 0.381 e. The van der Waals surface area contributed by atoms with Crippen LogP contribution in [0.1, 0.15) is 50.8 Å². The Bertz CT molecular complexity index is 344. The summed E-state index contributed by atoms with van der Waals surface area (Å²) in [5.41, 5.74) is 0. The van der Waals surface area contributed by atoms with E-state index in [0.29, 0.717) is 5.92 Å². The minimum Gasteiger partial charge on any atom is -0.381 e. The zero-order valence-electron chi connectivity index (χ0n) is 11.8. The second-order valence-corrected chi connectivity index (χ2v) is 6.15. The molecule has 2 aliphatic rings. The van der Waals surface area contributed by atoms with Crippen LogP contribution in [0.25, 0.3) is 0 Å². The number of rotatable bonds is 4. The third kappa shape index (κ3) is 3.56. The first-order valence-corrected chi connectivity index (χ1v) is 7.86. The fourth-order valence-corrected chi connectivity index (χ4v) is 3.44. The van der Waals surface area contributed by atoms with Gasteiger partial charge < -0.3 is 4.74 Å². The standard InChI is InChI=1S/C15H25N3O/c1-2-5-13(6-3-1)10-18-15(16-12-17-18)9-14-7-4-8-19-11-14/h12-14H,1-11H2/t14-/m1/s1. The number of hydrogen-bond donors (Lipinski definition) is 0. The molecule has 1 saturated carbocycles. The van der Waals surface area contributed by atoms with Crippen molar-refractivity contribution < 1.29 is 4.74 Å². The van der Waals surface area contributed by atoms with Crippen LogP contribution in [0.2, 0.25) is 0 Å². The smallest absolute Gasteiger partial charge is 0.138 e. The number of hydrogen-bond acceptors (Lipinski definition) is 3. The van der Waals surface area contributed by atoms with E-state index in [0.717, 1.165) is 32.1 Å². The van der Waals surface area contributed by atoms with E-state index in [9.17, 15) is 0 Å². The van der Waals surface area contributed by atoms with Crippen LogP contribution in [0.3, 0.4) is 0 Å². The van der Waals surface area contributed by atoms with Crippen molar-refractivity contribution in [1.29, 1.82) is 0 Å². The summed E-state index contributed by atoms with van der Waals surface area (Å²) in [5.74, 6) is 2.63. The lowest BCUT2D eigenvalue weighted by molar-refractivity contribution is 0.0537. The zero-order chi connectivity index (χ0) is 12.9. The molecule has 4 nitrogen and oxygen atoms in total. The zero-order valence-corrected chi connectivity index (χ0v) is 11.8. The van der Waals surface area contributed by atoms with Gasteiger partial charge in [0.1, 0.15) is 12.2 Å². The Morgan fingerprint density at radius 3 is 2.74 bits per heavy atom. The summed E-state index contributed by atoms with van der Waals surface area (Å²) in [6.45, 7) is 2.91. The molecule has 1 aliphatic heterocycles. The average molecular weight is 263 g/mol. The summed E-state index contributed by atoms with van der Waals surface area (Å²) in [6.07, 6.45) is 12.2. The van der Waals surface area contributed by atoms with E-state index in [-0.39, 0.29) is 0 Å². The van der Waals surface area contributed by atoms with Crippen LogP contribution in [0.5, 0.6) is 0 Å². The van der Waals surface area contributed by atoms with E-state index in [4.69, 9.17) is 4.74 Å². The minimum atomic E-state index is 0.642. The molecule has 1 saturated heterocycles. The Balaban J connectivity index is 1.57. The highest BCUT2D eigenvalue weighted by Crippen LogP contribution is 2.25. The van der Waals surface area contributed by atoms with Gasteiger partial charge >= 0.3 is 0 Å². The Labute approximate surface area is 115 Å². The minimum absolute atomic E-state index is 0.642. The highest BCUT2D eigenvalue weighted by molar-refractivity contribution is 4.89. The Morgan fingerprint density at radius 2 is 1.95 bits per heavy atom. The first kappa shape index (κ1) is 13.1. The summed E-state index contributed by atoms with van der Waals surface area (Å²) in [4.78, 5) is 4.47. The van der Waals surface area contributed by atoms with Crippen molar-refractivity contribution in [2.24, 2.45) is 11.8 Å². The van der Waals surface area contributed by atoms with Crippen LogP contribution >= 0.6 is 0 Å². The van der Waals surface area contributed by atoms with Gasteiger partial charge in [-0.2, -0.15) is 5.10 Å². The monoisotopic (exact) mass is 263 g/mol. The lowest BCUT2D eigenvalue weighted by Gasteiger charge is -2.24. The van der Waals surface area contributed by atoms with Gasteiger partial charge in [-0.05, 0) is 37.5 Å². The molecule has 0 spiro atoms. The van der Waals surface area contributed by atoms with Gasteiger partial charge in [0.25, 0.3) is 0 Å². The normalized spacial score (nSPS) is 25.6. The van der Waals surface area contributed by atoms with Crippen molar-refractivity contribution in [2.45, 2.75) is 57.9 Å². The first-order valence-electron chi connectivity index (χ1n) is 7.86. The van der Waals surface area contributed by atoms with E-state index in [1.165, 1.54) is 50.8 Å². The van der Waals surface area contributed by atoms with Crippen molar-refractivity contribution in [3.8, 4) is 0 Å². The van der Waals surface area contributed by atoms with Crippen LogP contribution in [0, 0.1) is 11.8 Å². The molecule has 0 aromatic carbocycles. The first-order chi connectivity index (χ1) is 9.42. The topological polar surface area (TPSA) is 39.9 Å². The van der Waals surface area contributed by atoms with E-state index >= 15 is 0 Å². The molecule has 1 aliphatic carbocycles. The fraction of sp³-hybridized carbons (Fsp3) is 0.867. The Hall–Kier alpha value is -0.900. The predicted octanol–water partition coefficient (Wildman–Crippen LogP) is 2.83. The highest BCUT2D eigenvalue weighted by Gasteiger charge is 2.20. The molecule has 1 aromatic heterocycles. The van der Waals surface area contributed by atoms with Gasteiger partial charge in [0.2, 0.25) is 0 Å². The molecule has 0 amide bonds. The Morgan fingerprint density at radius 1 is 1.11 bits per heavy atom. The van der Waals surface area contributed by atoms with Crippen LogP contribution < -0.4 is 0 Å². The maximum absolute atomic E-state index is 5.56. The third-order valence-corrected chi connectivity index (χ3v) is 4.58. The van der Waals surface area contributed by atoms with Crippen molar-refractivity contribution in [3.05, 3.63) is 12.2 Å². The predicted molar refractivity (Wildman–Crippen MR) is 73.8 cm³/mol. The van der Waals surface area contributed by atoms with Gasteiger partial charge in [0.05, 0.1) is 0 Å². The summed E-state index contributed by atoms with van der Waals surface area (Å²) in [6, 6.07) is 0. The second kappa shape index (κ2) is 6.51. The lowest BCUT2D eigenvalue weighted by atomic mass is 9.89. The van der Waals surface area contributed by atoms with Gasteiger partial charge in [-0.25, -0.2) is 9.67 Å². The van der Waals surface area contributed by atoms with Gasteiger partial charge in [-0.1, -0.05) is 19.3 Å². The van der Waals surface area contributed by atoms with E-state index in [1.54, 1.807) is 6.33 Å². The van der Waals surface area contributed by atoms with E-state index < -0.39 is 0 Å². The molecule has 0 N–H and O–H groups in total. The van der Waals surface area contributed by atoms with Gasteiger partial charge in [-0.15, -0.1) is 0 Å². The molecule has 1 aromatic rings. The van der Waals surface area contributed by atoms with Gasteiger partial charge in [0.15, 0.2) is 0 Å². The molecule has 3 rings (SSSR count). The highest BCUT2D eigenvalue weighted by atomic mass is 16.5. The summed E-state index contributed by atoms with van der Waals surface area (Å²) >= 11 is 0. The van der Waals surface area contributed by atoms with Gasteiger partial charge in [0, 0.05) is 26.2 Å². The fourth-order valence-electron chi connectivity index (χ4n) is 3.44. The number of aromatic nitrogens is 3. The van der Waals surface area contributed by atoms with Crippen LogP contribution in [0.15, 0.2) is 6.33 Å². The maximum Gasteiger partial charge on any atom is 0.138 e. The molecule has 0 unspecified atom stereocenters. The third-order valence-electron chi connectivity index (χ3n) is 4.58. The van der Waals surface area contributed by atoms with Crippen molar-refractivity contribution in [1.82, 2.24) is 14.8 Å². The molecule has 19 heavy (non-hydrogen) atoms. The van der Waals surface area contributed by atoms with Crippen molar-refractivity contribution in [2.75, 3.05) is 13.2 Å². The van der Waals surface area contributed by atoms with Crippen molar-refractivity contribution >= 4 is 0 Å². The second-order valence-electron chi connectivity index (χ2n) is 6.15. The molecule has 0 bridgehead atoms. The van der Waals surface area contributed by atoms with Crippen molar-refractivity contribution in [3.63, 3.8) is 0 Å². The molecule has 4 heteroatoms. The summed E-state index contributed by atoms with van der Waals surface area (Å²) in [5, 5.41) is 4.44. The average Bonchev–Trinajstić information content (AvgIpc) is 2.88. The van der Waals surface area contributed by atoms with Gasteiger partial charge in [-0.3, -0.25) is 0 Å². The number of ether oxygens (including phenoxy) is 1. The molecular weight excluding hydrogens is 238 g/mol. The molecule has 2 heterocycles. The molecule has 1 atom stereocenters. The Kier molecular flexibility index (Phi) is 4.49.